The predicted octanol–water partition coefficient (Wildman–Crippen LogP) is 2.03. The van der Waals surface area contributed by atoms with Gasteiger partial charge in [-0.2, -0.15) is 0 Å². The van der Waals surface area contributed by atoms with E-state index in [0.29, 0.717) is 10.8 Å². The number of hydrogen-bond acceptors (Lipinski definition) is 7. The topological polar surface area (TPSA) is 89.5 Å². The van der Waals surface area contributed by atoms with E-state index in [0.717, 1.165) is 11.5 Å². The monoisotopic (exact) mass is 317 g/mol. The fourth-order valence-electron chi connectivity index (χ4n) is 2.09. The first-order chi connectivity index (χ1) is 10.5. The first kappa shape index (κ1) is 14.3. The van der Waals surface area contributed by atoms with E-state index in [1.54, 1.807) is 12.1 Å². The molecule has 0 aliphatic carbocycles. The van der Waals surface area contributed by atoms with Crippen LogP contribution in [0.3, 0.4) is 0 Å². The Hall–Kier alpha value is -2.61. The van der Waals surface area contributed by atoms with Crippen LogP contribution in [0.1, 0.15) is 55.8 Å². The minimum atomic E-state index is -0.812. The number of rotatable bonds is 3. The van der Waals surface area contributed by atoms with Gasteiger partial charge >= 0.3 is 5.97 Å². The Morgan fingerprint density at radius 3 is 2.32 bits per heavy atom. The molecule has 22 heavy (non-hydrogen) atoms. The van der Waals surface area contributed by atoms with Crippen LogP contribution in [0.2, 0.25) is 0 Å². The highest BCUT2D eigenvalue weighted by molar-refractivity contribution is 7.07. The zero-order valence-corrected chi connectivity index (χ0v) is 12.6. The Bertz CT molecular complexity index is 749. The summed E-state index contributed by atoms with van der Waals surface area (Å²) in [4.78, 5) is 41.6. The molecule has 112 valence electrons. The summed E-state index contributed by atoms with van der Waals surface area (Å²) in [5.74, 6) is -2.15. The summed E-state index contributed by atoms with van der Waals surface area (Å²) < 4.78 is 3.72. The minimum Gasteiger partial charge on any atom is -0.323 e. The van der Waals surface area contributed by atoms with Crippen LogP contribution in [0, 0.1) is 0 Å². The highest BCUT2D eigenvalue weighted by Gasteiger charge is 2.39. The number of imide groups is 1. The van der Waals surface area contributed by atoms with E-state index in [1.165, 1.54) is 12.1 Å². The van der Waals surface area contributed by atoms with E-state index < -0.39 is 17.8 Å². The molecule has 0 radical (unpaired) electrons. The van der Waals surface area contributed by atoms with E-state index >= 15 is 0 Å². The number of nitrogens with zero attached hydrogens (tertiary/aromatic N) is 3. The molecule has 0 spiro atoms. The van der Waals surface area contributed by atoms with Crippen molar-refractivity contribution < 1.29 is 19.2 Å². The number of aromatic nitrogens is 2. The molecule has 0 fully saturated rings. The van der Waals surface area contributed by atoms with Gasteiger partial charge in [0.1, 0.15) is 0 Å². The summed E-state index contributed by atoms with van der Waals surface area (Å²) in [5, 5.41) is 4.35. The Labute approximate surface area is 129 Å². The summed E-state index contributed by atoms with van der Waals surface area (Å²) in [7, 11) is 0. The number of hydroxylamine groups is 2. The molecule has 2 aromatic rings. The first-order valence-electron chi connectivity index (χ1n) is 6.53. The molecule has 1 aliphatic heterocycles. The summed E-state index contributed by atoms with van der Waals surface area (Å²) in [6.07, 6.45) is 0. The highest BCUT2D eigenvalue weighted by atomic mass is 32.1. The summed E-state index contributed by atoms with van der Waals surface area (Å²) in [6, 6.07) is 6.30. The van der Waals surface area contributed by atoms with Gasteiger partial charge in [0, 0.05) is 0 Å². The summed E-state index contributed by atoms with van der Waals surface area (Å²) in [5.41, 5.74) is 0.908. The maximum atomic E-state index is 12.2. The van der Waals surface area contributed by atoms with Gasteiger partial charge in [-0.15, -0.1) is 5.10 Å². The lowest BCUT2D eigenvalue weighted by Crippen LogP contribution is -2.32. The molecule has 7 nitrogen and oxygen atoms in total. The van der Waals surface area contributed by atoms with Crippen molar-refractivity contribution in [3.8, 4) is 0 Å². The van der Waals surface area contributed by atoms with Gasteiger partial charge in [0.15, 0.2) is 4.88 Å². The number of benzene rings is 1. The smallest absolute Gasteiger partial charge is 0.323 e. The molecule has 0 bridgehead atoms. The molecule has 1 aromatic carbocycles. The fraction of sp³-hybridized carbons (Fsp3) is 0.214. The van der Waals surface area contributed by atoms with Crippen molar-refractivity contribution >= 4 is 29.3 Å². The van der Waals surface area contributed by atoms with Crippen molar-refractivity contribution in [2.75, 3.05) is 0 Å². The molecule has 0 N–H and O–H groups in total. The molecular weight excluding hydrogens is 306 g/mol. The molecular formula is C14H11N3O4S. The van der Waals surface area contributed by atoms with Crippen molar-refractivity contribution in [2.24, 2.45) is 0 Å². The van der Waals surface area contributed by atoms with Gasteiger partial charge in [0.25, 0.3) is 11.8 Å². The second-order valence-electron chi connectivity index (χ2n) is 4.97. The maximum absolute atomic E-state index is 12.2. The van der Waals surface area contributed by atoms with Crippen LogP contribution in [0.4, 0.5) is 0 Å². The van der Waals surface area contributed by atoms with Gasteiger partial charge in [-0.05, 0) is 29.6 Å². The van der Waals surface area contributed by atoms with Gasteiger partial charge in [-0.3, -0.25) is 9.59 Å². The molecule has 1 aliphatic rings. The largest absolute Gasteiger partial charge is 0.377 e. The number of fused-ring (bicyclic) bond motifs is 1. The zero-order valence-electron chi connectivity index (χ0n) is 11.8. The Balaban J connectivity index is 1.86. The van der Waals surface area contributed by atoms with E-state index in [-0.39, 0.29) is 21.9 Å². The standard InChI is InChI=1S/C14H11N3O4S/c1-7(2)10-11(22-16-15-10)14(20)21-17-12(18)8-5-3-4-6-9(8)13(17)19/h3-7H,1-2H3. The predicted molar refractivity (Wildman–Crippen MR) is 76.4 cm³/mol. The highest BCUT2D eigenvalue weighted by Crippen LogP contribution is 2.25. The lowest BCUT2D eigenvalue weighted by atomic mass is 10.1. The molecule has 1 aromatic heterocycles. The van der Waals surface area contributed by atoms with Crippen LogP contribution in [0.15, 0.2) is 24.3 Å². The van der Waals surface area contributed by atoms with Crippen LogP contribution in [-0.4, -0.2) is 32.4 Å². The van der Waals surface area contributed by atoms with Gasteiger partial charge in [-0.1, -0.05) is 35.5 Å². The van der Waals surface area contributed by atoms with Crippen LogP contribution >= 0.6 is 11.5 Å². The fourth-order valence-corrected chi connectivity index (χ4v) is 2.78. The summed E-state index contributed by atoms with van der Waals surface area (Å²) >= 11 is 0.871. The van der Waals surface area contributed by atoms with Crippen LogP contribution in [-0.2, 0) is 4.84 Å². The molecule has 0 saturated carbocycles. The number of amides is 2. The van der Waals surface area contributed by atoms with E-state index in [1.807, 2.05) is 13.8 Å². The van der Waals surface area contributed by atoms with E-state index in [9.17, 15) is 14.4 Å². The normalized spacial score (nSPS) is 13.7. The Morgan fingerprint density at radius 2 is 1.77 bits per heavy atom. The van der Waals surface area contributed by atoms with Gasteiger partial charge in [0.2, 0.25) is 0 Å². The second-order valence-corrected chi connectivity index (χ2v) is 5.73. The molecule has 8 heteroatoms. The molecule has 0 unspecified atom stereocenters. The van der Waals surface area contributed by atoms with Crippen molar-refractivity contribution in [3.05, 3.63) is 46.0 Å². The van der Waals surface area contributed by atoms with Crippen molar-refractivity contribution in [2.45, 2.75) is 19.8 Å². The SMILES string of the molecule is CC(C)c1nnsc1C(=O)ON1C(=O)c2ccccc2C1=O. The van der Waals surface area contributed by atoms with Crippen molar-refractivity contribution in [3.63, 3.8) is 0 Å². The average molecular weight is 317 g/mol. The lowest BCUT2D eigenvalue weighted by molar-refractivity contribution is -0.0582. The van der Waals surface area contributed by atoms with E-state index in [4.69, 9.17) is 4.84 Å². The van der Waals surface area contributed by atoms with Gasteiger partial charge in [0.05, 0.1) is 16.8 Å². The van der Waals surface area contributed by atoms with Crippen LogP contribution in [0.25, 0.3) is 0 Å². The van der Waals surface area contributed by atoms with Crippen molar-refractivity contribution in [1.82, 2.24) is 14.7 Å². The third kappa shape index (κ3) is 2.17. The van der Waals surface area contributed by atoms with Gasteiger partial charge < -0.3 is 4.84 Å². The van der Waals surface area contributed by atoms with Gasteiger partial charge in [-0.25, -0.2) is 4.79 Å². The molecule has 0 atom stereocenters. The maximum Gasteiger partial charge on any atom is 0.377 e. The first-order valence-corrected chi connectivity index (χ1v) is 7.30. The third-order valence-corrected chi connectivity index (χ3v) is 3.90. The molecule has 2 amide bonds. The lowest BCUT2D eigenvalue weighted by Gasteiger charge is -2.12. The number of carbonyl (C=O) groups is 3. The van der Waals surface area contributed by atoms with Crippen LogP contribution in [0.5, 0.6) is 0 Å². The summed E-state index contributed by atoms with van der Waals surface area (Å²) in [6.45, 7) is 3.71. The molecule has 0 saturated heterocycles. The number of hydrogen-bond donors (Lipinski definition) is 0. The number of carbonyl (C=O) groups excluding carboxylic acids is 3. The van der Waals surface area contributed by atoms with E-state index in [2.05, 4.69) is 9.59 Å². The Kier molecular flexibility index (Phi) is 3.45. The molecule has 2 heterocycles. The zero-order chi connectivity index (χ0) is 15.9. The molecule has 3 rings (SSSR count). The third-order valence-electron chi connectivity index (χ3n) is 3.18. The average Bonchev–Trinajstić information content (AvgIpc) is 3.08. The van der Waals surface area contributed by atoms with Crippen molar-refractivity contribution in [1.29, 1.82) is 0 Å². The second kappa shape index (κ2) is 5.30. The van der Waals surface area contributed by atoms with Crippen LogP contribution < -0.4 is 0 Å². The minimum absolute atomic E-state index is 0.0246. The Morgan fingerprint density at radius 1 is 1.18 bits per heavy atom. The quantitative estimate of drug-likeness (QED) is 0.805.